The van der Waals surface area contributed by atoms with E-state index in [1.54, 1.807) is 12.3 Å². The summed E-state index contributed by atoms with van der Waals surface area (Å²) in [5, 5.41) is 6.73. The second-order valence-corrected chi connectivity index (χ2v) is 7.01. The third kappa shape index (κ3) is 4.98. The molecular weight excluding hydrogens is 376 g/mol. The van der Waals surface area contributed by atoms with Crippen molar-refractivity contribution in [1.29, 1.82) is 0 Å². The minimum absolute atomic E-state index is 0.168. The molecule has 1 heterocycles. The maximum Gasteiger partial charge on any atom is 0.270 e. The Hall–Kier alpha value is -3.12. The highest BCUT2D eigenvalue weighted by atomic mass is 35.5. The lowest BCUT2D eigenvalue weighted by molar-refractivity contribution is 0.0946. The van der Waals surface area contributed by atoms with Gasteiger partial charge in [0.15, 0.2) is 0 Å². The van der Waals surface area contributed by atoms with E-state index in [4.69, 9.17) is 16.3 Å². The van der Waals surface area contributed by atoms with E-state index in [0.717, 1.165) is 29.8 Å². The van der Waals surface area contributed by atoms with Crippen LogP contribution in [0.2, 0.25) is 5.02 Å². The largest absolute Gasteiger partial charge is 0.489 e. The highest BCUT2D eigenvalue weighted by molar-refractivity contribution is 6.30. The van der Waals surface area contributed by atoms with Crippen LogP contribution in [0.25, 0.3) is 0 Å². The molecule has 7 heteroatoms. The van der Waals surface area contributed by atoms with Gasteiger partial charge in [0.2, 0.25) is 5.95 Å². The summed E-state index contributed by atoms with van der Waals surface area (Å²) in [6.07, 6.45) is 3.64. The Morgan fingerprint density at radius 2 is 1.82 bits per heavy atom. The van der Waals surface area contributed by atoms with Gasteiger partial charge < -0.3 is 15.4 Å². The van der Waals surface area contributed by atoms with Crippen molar-refractivity contribution in [3.8, 4) is 5.75 Å². The number of rotatable bonds is 7. The van der Waals surface area contributed by atoms with Crippen LogP contribution in [0.15, 0.2) is 60.8 Å². The number of carbonyl (C=O) groups is 1. The molecule has 0 unspecified atom stereocenters. The van der Waals surface area contributed by atoms with Gasteiger partial charge in [0, 0.05) is 22.9 Å². The van der Waals surface area contributed by atoms with Crippen LogP contribution in [-0.4, -0.2) is 21.9 Å². The summed E-state index contributed by atoms with van der Waals surface area (Å²) in [4.78, 5) is 20.6. The molecule has 4 rings (SSSR count). The van der Waals surface area contributed by atoms with Gasteiger partial charge in [0.05, 0.1) is 0 Å². The minimum Gasteiger partial charge on any atom is -0.489 e. The Labute approximate surface area is 167 Å². The first kappa shape index (κ1) is 18.3. The van der Waals surface area contributed by atoms with Crippen LogP contribution < -0.4 is 15.4 Å². The Morgan fingerprint density at radius 3 is 2.54 bits per heavy atom. The van der Waals surface area contributed by atoms with Gasteiger partial charge in [-0.2, -0.15) is 0 Å². The number of aromatic nitrogens is 2. The smallest absolute Gasteiger partial charge is 0.270 e. The zero-order valence-corrected chi connectivity index (χ0v) is 15.8. The molecule has 3 aromatic rings. The van der Waals surface area contributed by atoms with Crippen molar-refractivity contribution in [2.45, 2.75) is 25.5 Å². The van der Waals surface area contributed by atoms with Crippen molar-refractivity contribution in [2.24, 2.45) is 0 Å². The number of amides is 1. The lowest BCUT2D eigenvalue weighted by atomic mass is 10.2. The molecule has 142 valence electrons. The minimum atomic E-state index is -0.168. The van der Waals surface area contributed by atoms with Gasteiger partial charge in [-0.1, -0.05) is 23.7 Å². The fourth-order valence-electron chi connectivity index (χ4n) is 2.54. The molecular formula is C21H19ClN4O2. The topological polar surface area (TPSA) is 76.1 Å². The van der Waals surface area contributed by atoms with Crippen molar-refractivity contribution < 1.29 is 9.53 Å². The van der Waals surface area contributed by atoms with Gasteiger partial charge in [-0.3, -0.25) is 4.79 Å². The van der Waals surface area contributed by atoms with Crippen molar-refractivity contribution in [3.05, 3.63) is 77.1 Å². The molecule has 0 radical (unpaired) electrons. The standard InChI is InChI=1S/C21H19ClN4O2/c22-15-3-1-14(2-4-15)13-28-18-9-7-17(8-10-18)25-21-23-12-11-19(26-21)20(27)24-16-5-6-16/h1-4,7-12,16H,5-6,13H2,(H,24,27)(H,23,25,26). The normalized spacial score (nSPS) is 13.0. The Morgan fingerprint density at radius 1 is 1.07 bits per heavy atom. The maximum absolute atomic E-state index is 12.1. The SMILES string of the molecule is O=C(NC1CC1)c1ccnc(Nc2ccc(OCc3ccc(Cl)cc3)cc2)n1. The number of ether oxygens (including phenoxy) is 1. The highest BCUT2D eigenvalue weighted by Gasteiger charge is 2.24. The van der Waals surface area contributed by atoms with E-state index in [2.05, 4.69) is 20.6 Å². The quantitative estimate of drug-likeness (QED) is 0.623. The summed E-state index contributed by atoms with van der Waals surface area (Å²) in [5.74, 6) is 0.955. The highest BCUT2D eigenvalue weighted by Crippen LogP contribution is 2.21. The first-order chi connectivity index (χ1) is 13.7. The fraction of sp³-hybridized carbons (Fsp3) is 0.190. The summed E-state index contributed by atoms with van der Waals surface area (Å²) < 4.78 is 5.78. The van der Waals surface area contributed by atoms with Gasteiger partial charge in [-0.25, -0.2) is 9.97 Å². The van der Waals surface area contributed by atoms with E-state index < -0.39 is 0 Å². The van der Waals surface area contributed by atoms with Crippen molar-refractivity contribution >= 4 is 29.1 Å². The molecule has 28 heavy (non-hydrogen) atoms. The van der Waals surface area contributed by atoms with Gasteiger partial charge in [-0.15, -0.1) is 0 Å². The molecule has 2 aromatic carbocycles. The summed E-state index contributed by atoms with van der Waals surface area (Å²) in [5.41, 5.74) is 2.20. The predicted octanol–water partition coefficient (Wildman–Crippen LogP) is 4.34. The van der Waals surface area contributed by atoms with Crippen LogP contribution in [0.5, 0.6) is 5.75 Å². The first-order valence-corrected chi connectivity index (χ1v) is 9.42. The number of nitrogens with zero attached hydrogens (tertiary/aromatic N) is 2. The second kappa shape index (κ2) is 8.27. The molecule has 0 saturated heterocycles. The van der Waals surface area contributed by atoms with Gasteiger partial charge in [0.25, 0.3) is 5.91 Å². The van der Waals surface area contributed by atoms with E-state index >= 15 is 0 Å². The van der Waals surface area contributed by atoms with E-state index in [1.807, 2.05) is 48.5 Å². The number of hydrogen-bond acceptors (Lipinski definition) is 5. The van der Waals surface area contributed by atoms with E-state index in [0.29, 0.717) is 29.3 Å². The second-order valence-electron chi connectivity index (χ2n) is 6.58. The summed E-state index contributed by atoms with van der Waals surface area (Å²) in [7, 11) is 0. The Balaban J connectivity index is 1.35. The average Bonchev–Trinajstić information content (AvgIpc) is 3.53. The summed E-state index contributed by atoms with van der Waals surface area (Å²) >= 11 is 5.88. The molecule has 0 aliphatic heterocycles. The van der Waals surface area contributed by atoms with Crippen molar-refractivity contribution in [3.63, 3.8) is 0 Å². The van der Waals surface area contributed by atoms with Crippen LogP contribution >= 0.6 is 11.6 Å². The Kier molecular flexibility index (Phi) is 5.39. The van der Waals surface area contributed by atoms with Gasteiger partial charge in [-0.05, 0) is 60.9 Å². The molecule has 6 nitrogen and oxygen atoms in total. The number of carbonyl (C=O) groups excluding carboxylic acids is 1. The molecule has 1 aromatic heterocycles. The van der Waals surface area contributed by atoms with Crippen LogP contribution in [0, 0.1) is 0 Å². The van der Waals surface area contributed by atoms with Crippen LogP contribution in [0.3, 0.4) is 0 Å². The average molecular weight is 395 g/mol. The zero-order valence-electron chi connectivity index (χ0n) is 15.1. The molecule has 1 fully saturated rings. The van der Waals surface area contributed by atoms with Crippen LogP contribution in [0.4, 0.5) is 11.6 Å². The lowest BCUT2D eigenvalue weighted by Gasteiger charge is -2.09. The summed E-state index contributed by atoms with van der Waals surface area (Å²) in [6, 6.07) is 16.9. The molecule has 1 aliphatic rings. The van der Waals surface area contributed by atoms with E-state index in [9.17, 15) is 4.79 Å². The number of benzene rings is 2. The number of hydrogen-bond donors (Lipinski definition) is 2. The monoisotopic (exact) mass is 394 g/mol. The lowest BCUT2D eigenvalue weighted by Crippen LogP contribution is -2.26. The molecule has 1 amide bonds. The van der Waals surface area contributed by atoms with Gasteiger partial charge in [0.1, 0.15) is 18.1 Å². The van der Waals surface area contributed by atoms with Crippen molar-refractivity contribution in [2.75, 3.05) is 5.32 Å². The van der Waals surface area contributed by atoms with Gasteiger partial charge >= 0.3 is 0 Å². The third-order valence-electron chi connectivity index (χ3n) is 4.23. The molecule has 2 N–H and O–H groups in total. The summed E-state index contributed by atoms with van der Waals surface area (Å²) in [6.45, 7) is 0.463. The molecule has 1 saturated carbocycles. The third-order valence-corrected chi connectivity index (χ3v) is 4.48. The van der Waals surface area contributed by atoms with Crippen LogP contribution in [-0.2, 0) is 6.61 Å². The number of nitrogens with one attached hydrogen (secondary N) is 2. The fourth-order valence-corrected chi connectivity index (χ4v) is 2.67. The van der Waals surface area contributed by atoms with Crippen molar-refractivity contribution in [1.82, 2.24) is 15.3 Å². The molecule has 0 atom stereocenters. The van der Waals surface area contributed by atoms with E-state index in [1.165, 1.54) is 0 Å². The Bertz CT molecular complexity index is 957. The predicted molar refractivity (Wildman–Crippen MR) is 108 cm³/mol. The molecule has 0 bridgehead atoms. The maximum atomic E-state index is 12.1. The molecule has 1 aliphatic carbocycles. The number of anilines is 2. The zero-order chi connectivity index (χ0) is 19.3. The molecule has 0 spiro atoms. The van der Waals surface area contributed by atoms with E-state index in [-0.39, 0.29) is 5.91 Å². The van der Waals surface area contributed by atoms with Crippen LogP contribution in [0.1, 0.15) is 28.9 Å². The first-order valence-electron chi connectivity index (χ1n) is 9.04. The number of halogens is 1.